The lowest BCUT2D eigenvalue weighted by molar-refractivity contribution is 0.286. The fourth-order valence-corrected chi connectivity index (χ4v) is 11.6. The Hall–Kier alpha value is -7.16. The van der Waals surface area contributed by atoms with Gasteiger partial charge in [0.1, 0.15) is 11.2 Å². The van der Waals surface area contributed by atoms with E-state index in [-0.39, 0.29) is 16.7 Å². The maximum absolute atomic E-state index is 6.68. The molecule has 3 aliphatic rings. The summed E-state index contributed by atoms with van der Waals surface area (Å²) in [5, 5.41) is 2.33. The first-order valence-corrected chi connectivity index (χ1v) is 21.5. The summed E-state index contributed by atoms with van der Waals surface area (Å²) in [5.74, 6) is 0.162. The first kappa shape index (κ1) is 35.8. The van der Waals surface area contributed by atoms with E-state index in [2.05, 4.69) is 238 Å². The predicted octanol–water partition coefficient (Wildman–Crippen LogP) is 15.3. The van der Waals surface area contributed by atoms with Crippen LogP contribution in [0.15, 0.2) is 222 Å². The van der Waals surface area contributed by atoms with Crippen LogP contribution in [0.5, 0.6) is 0 Å². The summed E-state index contributed by atoms with van der Waals surface area (Å²) in [5.41, 5.74) is 17.1. The van der Waals surface area contributed by atoms with Crippen molar-refractivity contribution in [2.24, 2.45) is 5.41 Å². The molecule has 0 aliphatic heterocycles. The Kier molecular flexibility index (Phi) is 7.72. The minimum atomic E-state index is -0.449. The molecule has 2 unspecified atom stereocenters. The molecule has 0 N–H and O–H groups in total. The molecular formula is C59H45NO. The van der Waals surface area contributed by atoms with Crippen LogP contribution >= 0.6 is 0 Å². The summed E-state index contributed by atoms with van der Waals surface area (Å²) in [6.07, 6.45) is 7.47. The van der Waals surface area contributed by atoms with E-state index in [1.165, 1.54) is 61.0 Å². The van der Waals surface area contributed by atoms with Crippen LogP contribution in [0.25, 0.3) is 44.2 Å². The van der Waals surface area contributed by atoms with Crippen molar-refractivity contribution in [2.75, 3.05) is 4.90 Å². The smallest absolute Gasteiger partial charge is 0.143 e. The van der Waals surface area contributed by atoms with Gasteiger partial charge in [-0.15, -0.1) is 0 Å². The molecule has 292 valence electrons. The first-order valence-electron chi connectivity index (χ1n) is 21.5. The highest BCUT2D eigenvalue weighted by atomic mass is 16.3. The lowest BCUT2D eigenvalue weighted by Crippen LogP contribution is -2.44. The molecule has 0 amide bonds. The third-order valence-electron chi connectivity index (χ3n) is 14.4. The molecule has 2 nitrogen and oxygen atoms in total. The molecule has 8 aromatic carbocycles. The summed E-state index contributed by atoms with van der Waals surface area (Å²) in [6.45, 7) is 7.23. The fourth-order valence-electron chi connectivity index (χ4n) is 11.6. The quantitative estimate of drug-likeness (QED) is 0.167. The number of fused-ring (bicyclic) bond motifs is 10. The van der Waals surface area contributed by atoms with Crippen LogP contribution < -0.4 is 4.90 Å². The molecule has 0 fully saturated rings. The van der Waals surface area contributed by atoms with Crippen LogP contribution in [-0.2, 0) is 10.8 Å². The average molecular weight is 784 g/mol. The highest BCUT2D eigenvalue weighted by molar-refractivity contribution is 6.12. The Morgan fingerprint density at radius 3 is 1.87 bits per heavy atom. The van der Waals surface area contributed by atoms with Gasteiger partial charge in [-0.1, -0.05) is 197 Å². The van der Waals surface area contributed by atoms with Crippen molar-refractivity contribution in [1.82, 2.24) is 0 Å². The lowest BCUT2D eigenvalue weighted by Gasteiger charge is -2.48. The lowest BCUT2D eigenvalue weighted by atomic mass is 9.54. The number of benzene rings is 8. The van der Waals surface area contributed by atoms with Crippen LogP contribution in [0, 0.1) is 5.41 Å². The average Bonchev–Trinajstić information content (AvgIpc) is 3.88. The number of hydrogen-bond donors (Lipinski definition) is 0. The van der Waals surface area contributed by atoms with Crippen molar-refractivity contribution in [2.45, 2.75) is 37.5 Å². The van der Waals surface area contributed by atoms with Crippen molar-refractivity contribution < 1.29 is 4.42 Å². The third-order valence-corrected chi connectivity index (χ3v) is 14.4. The molecule has 12 rings (SSSR count). The maximum atomic E-state index is 6.68. The molecule has 0 spiro atoms. The van der Waals surface area contributed by atoms with Crippen LogP contribution in [-0.4, -0.2) is 0 Å². The van der Waals surface area contributed by atoms with Gasteiger partial charge in [0.2, 0.25) is 0 Å². The second-order valence-corrected chi connectivity index (χ2v) is 17.8. The summed E-state index contributed by atoms with van der Waals surface area (Å²) in [6, 6.07) is 71.5. The van der Waals surface area contributed by atoms with Gasteiger partial charge in [-0.05, 0) is 86.5 Å². The Balaban J connectivity index is 1.08. The number of allylic oxidation sites excluding steroid dienone is 3. The van der Waals surface area contributed by atoms with Gasteiger partial charge in [0.05, 0.1) is 5.41 Å². The minimum Gasteiger partial charge on any atom is -0.455 e. The summed E-state index contributed by atoms with van der Waals surface area (Å²) in [7, 11) is 0. The van der Waals surface area contributed by atoms with Crippen LogP contribution in [0.2, 0.25) is 0 Å². The van der Waals surface area contributed by atoms with Crippen LogP contribution in [0.3, 0.4) is 0 Å². The third kappa shape index (κ3) is 4.97. The van der Waals surface area contributed by atoms with Gasteiger partial charge in [-0.3, -0.25) is 0 Å². The van der Waals surface area contributed by atoms with Crippen molar-refractivity contribution in [3.63, 3.8) is 0 Å². The number of para-hydroxylation sites is 1. The Bertz CT molecular complexity index is 3190. The highest BCUT2D eigenvalue weighted by Crippen LogP contribution is 2.67. The predicted molar refractivity (Wildman–Crippen MR) is 253 cm³/mol. The molecule has 1 heterocycles. The van der Waals surface area contributed by atoms with E-state index in [0.717, 1.165) is 33.6 Å². The van der Waals surface area contributed by atoms with E-state index in [4.69, 9.17) is 4.42 Å². The van der Waals surface area contributed by atoms with Crippen molar-refractivity contribution in [1.29, 1.82) is 0 Å². The maximum Gasteiger partial charge on any atom is 0.143 e. The van der Waals surface area contributed by atoms with Crippen molar-refractivity contribution in [3.05, 3.63) is 251 Å². The number of anilines is 2. The molecule has 61 heavy (non-hydrogen) atoms. The molecule has 9 aromatic rings. The number of furan rings is 1. The van der Waals surface area contributed by atoms with Gasteiger partial charge < -0.3 is 9.32 Å². The first-order chi connectivity index (χ1) is 29.9. The zero-order valence-corrected chi connectivity index (χ0v) is 34.6. The van der Waals surface area contributed by atoms with E-state index in [0.29, 0.717) is 0 Å². The molecule has 2 atom stereocenters. The topological polar surface area (TPSA) is 16.4 Å². The molecule has 1 aromatic heterocycles. The summed E-state index contributed by atoms with van der Waals surface area (Å²) >= 11 is 0. The van der Waals surface area contributed by atoms with E-state index in [1.54, 1.807) is 0 Å². The molecule has 0 radical (unpaired) electrons. The van der Waals surface area contributed by atoms with E-state index in [1.807, 2.05) is 0 Å². The van der Waals surface area contributed by atoms with Gasteiger partial charge in [-0.25, -0.2) is 0 Å². The van der Waals surface area contributed by atoms with Crippen LogP contribution in [0.1, 0.15) is 60.1 Å². The van der Waals surface area contributed by atoms with E-state index < -0.39 is 5.41 Å². The molecule has 0 saturated heterocycles. The fraction of sp³-hybridized carbons (Fsp3) is 0.119. The normalized spacial score (nSPS) is 18.9. The Morgan fingerprint density at radius 2 is 1.13 bits per heavy atom. The number of hydrogen-bond acceptors (Lipinski definition) is 2. The largest absolute Gasteiger partial charge is 0.455 e. The minimum absolute atomic E-state index is 0.162. The van der Waals surface area contributed by atoms with Gasteiger partial charge in [0.15, 0.2) is 0 Å². The molecule has 2 heteroatoms. The van der Waals surface area contributed by atoms with Crippen LogP contribution in [0.4, 0.5) is 11.4 Å². The monoisotopic (exact) mass is 783 g/mol. The zero-order valence-electron chi connectivity index (χ0n) is 34.6. The molecule has 0 bridgehead atoms. The van der Waals surface area contributed by atoms with Gasteiger partial charge in [0, 0.05) is 50.2 Å². The zero-order chi connectivity index (χ0) is 40.9. The highest BCUT2D eigenvalue weighted by Gasteiger charge is 2.61. The van der Waals surface area contributed by atoms with Crippen molar-refractivity contribution in [3.8, 4) is 22.3 Å². The molecule has 3 aliphatic carbocycles. The Labute approximate surface area is 357 Å². The van der Waals surface area contributed by atoms with E-state index in [9.17, 15) is 0 Å². The number of rotatable bonds is 6. The SMILES string of the molecule is CC1(C)c2cc(N(C3=CC4(C)C(C=C3)c3ccccc3C4(c3ccccc3)c3ccccc3)c3ccc(-c4ccccc4)cc3)ccc2-c2c1ccc1c2oc2ccccc21. The summed E-state index contributed by atoms with van der Waals surface area (Å²) < 4.78 is 6.68. The molecule has 0 saturated carbocycles. The molecular weight excluding hydrogens is 739 g/mol. The standard InChI is InChI=1S/C59H45NO/c1-57(2)52-36-34-47-46-23-14-16-26-54(46)61-56(47)55(52)49-33-31-44(37-53(49)57)60(43-29-27-40(28-30-43)39-17-7-4-8-18-39)45-32-35-50-48-24-13-15-25-51(48)59(58(50,3)38-45,41-19-9-5-10-20-41)42-21-11-6-12-22-42/h4-38,50H,1-3H3. The van der Waals surface area contributed by atoms with Gasteiger partial charge in [-0.2, -0.15) is 0 Å². The second kappa shape index (κ2) is 13.2. The van der Waals surface area contributed by atoms with E-state index >= 15 is 0 Å². The second-order valence-electron chi connectivity index (χ2n) is 17.8. The van der Waals surface area contributed by atoms with Gasteiger partial charge in [0.25, 0.3) is 0 Å². The van der Waals surface area contributed by atoms with Crippen molar-refractivity contribution >= 4 is 33.3 Å². The Morgan fingerprint density at radius 1 is 0.508 bits per heavy atom. The number of nitrogens with zero attached hydrogens (tertiary/aromatic N) is 1. The van der Waals surface area contributed by atoms with Gasteiger partial charge >= 0.3 is 0 Å². The summed E-state index contributed by atoms with van der Waals surface area (Å²) in [4.78, 5) is 2.49.